The highest BCUT2D eigenvalue weighted by Crippen LogP contribution is 2.63. The average molecular weight is 877 g/mol. The van der Waals surface area contributed by atoms with Crippen molar-refractivity contribution in [3.63, 3.8) is 0 Å². The van der Waals surface area contributed by atoms with Gasteiger partial charge in [0, 0.05) is 33.5 Å². The number of hydrogen-bond donors (Lipinski definition) is 0. The molecule has 2 aliphatic rings. The molecule has 0 atom stereocenters. The molecular weight excluding hydrogens is 833 g/mol. The minimum absolute atomic E-state index is 0.464. The van der Waals surface area contributed by atoms with Gasteiger partial charge in [-0.05, 0) is 151 Å². The first kappa shape index (κ1) is 39.2. The molecule has 14 rings (SSSR count). The number of nitrogens with zero attached hydrogens (tertiary/aromatic N) is 2. The molecule has 1 spiro atoms. The lowest BCUT2D eigenvalue weighted by Crippen LogP contribution is -2.26. The van der Waals surface area contributed by atoms with Crippen LogP contribution < -0.4 is 4.90 Å². The Morgan fingerprint density at radius 3 is 1.26 bits per heavy atom. The van der Waals surface area contributed by atoms with Crippen LogP contribution in [0.15, 0.2) is 267 Å². The molecule has 2 aliphatic carbocycles. The van der Waals surface area contributed by atoms with Crippen molar-refractivity contribution in [2.75, 3.05) is 4.90 Å². The van der Waals surface area contributed by atoms with Gasteiger partial charge in [-0.1, -0.05) is 194 Å². The van der Waals surface area contributed by atoms with E-state index in [9.17, 15) is 0 Å². The summed E-state index contributed by atoms with van der Waals surface area (Å²) in [7, 11) is 0. The fourth-order valence-electron chi connectivity index (χ4n) is 11.8. The maximum absolute atomic E-state index is 2.49. The Kier molecular flexibility index (Phi) is 8.84. The van der Waals surface area contributed by atoms with E-state index in [2.05, 4.69) is 276 Å². The van der Waals surface area contributed by atoms with Crippen molar-refractivity contribution in [1.82, 2.24) is 4.57 Å². The van der Waals surface area contributed by atoms with Crippen molar-refractivity contribution in [3.8, 4) is 61.3 Å². The summed E-state index contributed by atoms with van der Waals surface area (Å²) >= 11 is 0. The molecule has 11 aromatic carbocycles. The van der Waals surface area contributed by atoms with E-state index in [1.54, 1.807) is 0 Å². The first-order chi connectivity index (χ1) is 34.2. The molecule has 2 heteroatoms. The highest BCUT2D eigenvalue weighted by molar-refractivity contribution is 6.10. The minimum atomic E-state index is -0.464. The maximum Gasteiger partial charge on any atom is 0.0726 e. The van der Waals surface area contributed by atoms with E-state index < -0.39 is 5.41 Å². The van der Waals surface area contributed by atoms with Gasteiger partial charge in [-0.3, -0.25) is 0 Å². The van der Waals surface area contributed by atoms with Crippen LogP contribution in [-0.4, -0.2) is 4.57 Å². The zero-order valence-corrected chi connectivity index (χ0v) is 37.8. The Morgan fingerprint density at radius 2 is 0.681 bits per heavy atom. The first-order valence-corrected chi connectivity index (χ1v) is 23.9. The van der Waals surface area contributed by atoms with Gasteiger partial charge in [0.25, 0.3) is 0 Å². The van der Waals surface area contributed by atoms with E-state index in [1.807, 2.05) is 0 Å². The molecule has 0 amide bonds. The number of aromatic nitrogens is 1. The SMILES string of the molecule is c1ccc(-c2cc(-c3ccccc3)cc(-c3ccc(N(c4ccc5c(c4)C4(c6ccccc6-c6ccccc64)c4ccccc4-5)c4ccc5c6ccccc6n(-c6ccccc6)c5c4)cc3)c2)cc1. The first-order valence-electron chi connectivity index (χ1n) is 23.9. The molecule has 0 radical (unpaired) electrons. The van der Waals surface area contributed by atoms with Gasteiger partial charge in [0.2, 0.25) is 0 Å². The van der Waals surface area contributed by atoms with Crippen molar-refractivity contribution in [3.05, 3.63) is 289 Å². The number of benzene rings is 11. The summed E-state index contributed by atoms with van der Waals surface area (Å²) in [5, 5.41) is 2.46. The fraction of sp³-hybridized carbons (Fsp3) is 0.0149. The summed E-state index contributed by atoms with van der Waals surface area (Å²) in [5.74, 6) is 0. The van der Waals surface area contributed by atoms with Crippen LogP contribution in [0.5, 0.6) is 0 Å². The number of anilines is 3. The number of rotatable bonds is 7. The molecule has 0 unspecified atom stereocenters. The Labute approximate surface area is 402 Å². The van der Waals surface area contributed by atoms with Crippen LogP contribution in [0, 0.1) is 0 Å². The summed E-state index contributed by atoms with van der Waals surface area (Å²) in [5.41, 5.74) is 24.0. The number of para-hydroxylation sites is 2. The Bertz CT molecular complexity index is 3820. The van der Waals surface area contributed by atoms with Crippen molar-refractivity contribution < 1.29 is 0 Å². The molecule has 0 saturated heterocycles. The Morgan fingerprint density at radius 1 is 0.261 bits per heavy atom. The molecule has 0 aliphatic heterocycles. The predicted molar refractivity (Wildman–Crippen MR) is 288 cm³/mol. The van der Waals surface area contributed by atoms with Crippen molar-refractivity contribution in [2.45, 2.75) is 5.41 Å². The molecule has 1 heterocycles. The monoisotopic (exact) mass is 876 g/mol. The van der Waals surface area contributed by atoms with Crippen molar-refractivity contribution in [2.24, 2.45) is 0 Å². The third-order valence-electron chi connectivity index (χ3n) is 14.8. The highest BCUT2D eigenvalue weighted by atomic mass is 15.1. The molecule has 12 aromatic rings. The van der Waals surface area contributed by atoms with Gasteiger partial charge in [0.15, 0.2) is 0 Å². The lowest BCUT2D eigenvalue weighted by atomic mass is 9.70. The molecule has 0 fully saturated rings. The molecule has 1 aromatic heterocycles. The third-order valence-corrected chi connectivity index (χ3v) is 14.8. The van der Waals surface area contributed by atoms with Crippen molar-refractivity contribution >= 4 is 38.9 Å². The second-order valence-electron chi connectivity index (χ2n) is 18.4. The van der Waals surface area contributed by atoms with E-state index in [0.29, 0.717) is 0 Å². The van der Waals surface area contributed by atoms with Crippen LogP contribution in [-0.2, 0) is 5.41 Å². The molecular formula is C67H44N2. The minimum Gasteiger partial charge on any atom is -0.310 e. The topological polar surface area (TPSA) is 8.17 Å². The highest BCUT2D eigenvalue weighted by Gasteiger charge is 2.51. The standard InChI is InChI=1S/C67H44N2/c1-4-18-45(19-5-1)48-40-49(46-20-6-2-7-21-46)42-50(41-48)47-32-34-52(35-33-47)68(54-37-39-60-59-27-13-17-31-65(59)69(66(60)44-54)51-22-8-3-9-23-51)53-36-38-58-57-26-12-16-30-63(57)67(64(58)43-53)61-28-14-10-24-55(61)56-25-11-15-29-62(56)67/h1-44H. The lowest BCUT2D eigenvalue weighted by Gasteiger charge is -2.32. The third kappa shape index (κ3) is 5.99. The second-order valence-corrected chi connectivity index (χ2v) is 18.4. The quantitative estimate of drug-likeness (QED) is 0.155. The Balaban J connectivity index is 0.989. The van der Waals surface area contributed by atoms with Crippen LogP contribution in [0.3, 0.4) is 0 Å². The van der Waals surface area contributed by atoms with Crippen LogP contribution in [0.4, 0.5) is 17.1 Å². The average Bonchev–Trinajstić information content (AvgIpc) is 4.03. The zero-order valence-electron chi connectivity index (χ0n) is 37.8. The maximum atomic E-state index is 2.49. The van der Waals surface area contributed by atoms with Crippen molar-refractivity contribution in [1.29, 1.82) is 0 Å². The van der Waals surface area contributed by atoms with Gasteiger partial charge >= 0.3 is 0 Å². The second kappa shape index (κ2) is 15.6. The number of hydrogen-bond acceptors (Lipinski definition) is 1. The van der Waals surface area contributed by atoms with Gasteiger partial charge in [0.05, 0.1) is 16.4 Å². The molecule has 0 bridgehead atoms. The van der Waals surface area contributed by atoms with Gasteiger partial charge < -0.3 is 9.47 Å². The smallest absolute Gasteiger partial charge is 0.0726 e. The largest absolute Gasteiger partial charge is 0.310 e. The number of fused-ring (bicyclic) bond motifs is 13. The summed E-state index contributed by atoms with van der Waals surface area (Å²) in [6.45, 7) is 0. The Hall–Kier alpha value is -8.98. The molecule has 322 valence electrons. The fourth-order valence-corrected chi connectivity index (χ4v) is 11.8. The van der Waals surface area contributed by atoms with E-state index >= 15 is 0 Å². The predicted octanol–water partition coefficient (Wildman–Crippen LogP) is 17.6. The van der Waals surface area contributed by atoms with Crippen LogP contribution >= 0.6 is 0 Å². The summed E-state index contributed by atoms with van der Waals surface area (Å²) in [4.78, 5) is 2.47. The van der Waals surface area contributed by atoms with Gasteiger partial charge in [-0.25, -0.2) is 0 Å². The summed E-state index contributed by atoms with van der Waals surface area (Å²) in [6.07, 6.45) is 0. The molecule has 2 nitrogen and oxygen atoms in total. The van der Waals surface area contributed by atoms with E-state index in [0.717, 1.165) is 33.8 Å². The van der Waals surface area contributed by atoms with Gasteiger partial charge in [0.1, 0.15) is 0 Å². The van der Waals surface area contributed by atoms with E-state index in [-0.39, 0.29) is 0 Å². The van der Waals surface area contributed by atoms with E-state index in [4.69, 9.17) is 0 Å². The van der Waals surface area contributed by atoms with Crippen LogP contribution in [0.2, 0.25) is 0 Å². The normalized spacial score (nSPS) is 12.8. The molecule has 0 saturated carbocycles. The van der Waals surface area contributed by atoms with Crippen LogP contribution in [0.1, 0.15) is 22.3 Å². The zero-order chi connectivity index (χ0) is 45.5. The van der Waals surface area contributed by atoms with E-state index in [1.165, 1.54) is 88.6 Å². The molecule has 69 heavy (non-hydrogen) atoms. The van der Waals surface area contributed by atoms with Crippen LogP contribution in [0.25, 0.3) is 83.1 Å². The van der Waals surface area contributed by atoms with Gasteiger partial charge in [-0.2, -0.15) is 0 Å². The lowest BCUT2D eigenvalue weighted by molar-refractivity contribution is 0.793. The summed E-state index contributed by atoms with van der Waals surface area (Å²) in [6, 6.07) is 98.6. The summed E-state index contributed by atoms with van der Waals surface area (Å²) < 4.78 is 2.42. The van der Waals surface area contributed by atoms with Gasteiger partial charge in [-0.15, -0.1) is 0 Å². The molecule has 0 N–H and O–H groups in total.